The zero-order valence-electron chi connectivity index (χ0n) is 10.0. The lowest BCUT2D eigenvalue weighted by Crippen LogP contribution is -2.07. The first-order valence-electron chi connectivity index (χ1n) is 5.69. The molecule has 0 aliphatic rings. The second kappa shape index (κ2) is 6.75. The number of hydrogen-bond donors (Lipinski definition) is 1. The summed E-state index contributed by atoms with van der Waals surface area (Å²) >= 11 is 1.46. The summed E-state index contributed by atoms with van der Waals surface area (Å²) in [5.74, 6) is -0.566. The van der Waals surface area contributed by atoms with E-state index in [1.807, 2.05) is 30.3 Å². The first-order chi connectivity index (χ1) is 9.24. The maximum atomic E-state index is 12.7. The van der Waals surface area contributed by atoms with Crippen LogP contribution in [-0.4, -0.2) is 5.91 Å². The van der Waals surface area contributed by atoms with Crippen molar-refractivity contribution in [1.29, 1.82) is 0 Å². The summed E-state index contributed by atoms with van der Waals surface area (Å²) in [6, 6.07) is 15.4. The normalized spacial score (nSPS) is 10.6. The Morgan fingerprint density at radius 1 is 1.05 bits per heavy atom. The van der Waals surface area contributed by atoms with E-state index < -0.39 is 0 Å². The van der Waals surface area contributed by atoms with Gasteiger partial charge in [0.25, 0.3) is 0 Å². The molecule has 0 spiro atoms. The number of carbonyl (C=O) groups is 1. The fourth-order valence-corrected chi connectivity index (χ4v) is 2.05. The van der Waals surface area contributed by atoms with Crippen LogP contribution in [0.3, 0.4) is 0 Å². The highest BCUT2D eigenvalue weighted by Gasteiger charge is 1.97. The topological polar surface area (TPSA) is 29.1 Å². The van der Waals surface area contributed by atoms with Crippen LogP contribution in [0.25, 0.3) is 0 Å². The molecule has 4 heteroatoms. The van der Waals surface area contributed by atoms with Gasteiger partial charge in [0.15, 0.2) is 0 Å². The maximum Gasteiger partial charge on any atom is 0.248 e. The summed E-state index contributed by atoms with van der Waals surface area (Å²) in [5.41, 5.74) is 0.570. The second-order valence-electron chi connectivity index (χ2n) is 3.73. The average molecular weight is 273 g/mol. The van der Waals surface area contributed by atoms with E-state index in [0.29, 0.717) is 5.69 Å². The van der Waals surface area contributed by atoms with Crippen molar-refractivity contribution < 1.29 is 9.18 Å². The van der Waals surface area contributed by atoms with Gasteiger partial charge in [-0.1, -0.05) is 30.0 Å². The minimum atomic E-state index is -0.326. The number of hydrogen-bond acceptors (Lipinski definition) is 2. The first kappa shape index (κ1) is 13.4. The SMILES string of the molecule is O=C(/C=C/Sc1ccccc1)Nc1ccc(F)cc1. The highest BCUT2D eigenvalue weighted by Crippen LogP contribution is 2.18. The van der Waals surface area contributed by atoms with Crippen molar-refractivity contribution >= 4 is 23.4 Å². The van der Waals surface area contributed by atoms with Gasteiger partial charge in [0.2, 0.25) is 5.91 Å². The molecule has 2 rings (SSSR count). The van der Waals surface area contributed by atoms with E-state index in [9.17, 15) is 9.18 Å². The fourth-order valence-electron chi connectivity index (χ4n) is 1.39. The van der Waals surface area contributed by atoms with Crippen molar-refractivity contribution in [3.8, 4) is 0 Å². The monoisotopic (exact) mass is 273 g/mol. The van der Waals surface area contributed by atoms with E-state index >= 15 is 0 Å². The van der Waals surface area contributed by atoms with Crippen molar-refractivity contribution in [1.82, 2.24) is 0 Å². The van der Waals surface area contributed by atoms with Gasteiger partial charge in [-0.2, -0.15) is 0 Å². The number of benzene rings is 2. The summed E-state index contributed by atoms with van der Waals surface area (Å²) in [7, 11) is 0. The molecule has 0 atom stereocenters. The predicted molar refractivity (Wildman–Crippen MR) is 76.5 cm³/mol. The molecule has 0 aliphatic heterocycles. The molecule has 96 valence electrons. The fraction of sp³-hybridized carbons (Fsp3) is 0. The molecular weight excluding hydrogens is 261 g/mol. The minimum absolute atomic E-state index is 0.241. The molecule has 2 aromatic rings. The van der Waals surface area contributed by atoms with Gasteiger partial charge in [0.1, 0.15) is 5.82 Å². The van der Waals surface area contributed by atoms with Gasteiger partial charge in [-0.05, 0) is 41.8 Å². The molecule has 0 fully saturated rings. The molecule has 2 aromatic carbocycles. The summed E-state index contributed by atoms with van der Waals surface area (Å²) in [6.45, 7) is 0. The summed E-state index contributed by atoms with van der Waals surface area (Å²) < 4.78 is 12.7. The van der Waals surface area contributed by atoms with Crippen molar-refractivity contribution in [3.05, 3.63) is 71.9 Å². The predicted octanol–water partition coefficient (Wildman–Crippen LogP) is 4.07. The van der Waals surface area contributed by atoms with Gasteiger partial charge in [0, 0.05) is 16.7 Å². The van der Waals surface area contributed by atoms with E-state index in [4.69, 9.17) is 0 Å². The Kier molecular flexibility index (Phi) is 4.75. The van der Waals surface area contributed by atoms with Crippen LogP contribution in [0.2, 0.25) is 0 Å². The van der Waals surface area contributed by atoms with Crippen LogP contribution in [0.5, 0.6) is 0 Å². The molecule has 2 nitrogen and oxygen atoms in total. The number of halogens is 1. The Morgan fingerprint density at radius 3 is 2.42 bits per heavy atom. The molecule has 0 aliphatic carbocycles. The number of thioether (sulfide) groups is 1. The molecule has 1 amide bonds. The average Bonchev–Trinajstić information content (AvgIpc) is 2.43. The minimum Gasteiger partial charge on any atom is -0.322 e. The number of carbonyl (C=O) groups excluding carboxylic acids is 1. The van der Waals surface area contributed by atoms with Crippen LogP contribution in [0, 0.1) is 5.82 Å². The third kappa shape index (κ3) is 4.60. The molecule has 0 saturated heterocycles. The summed E-state index contributed by atoms with van der Waals surface area (Å²) in [5, 5.41) is 4.37. The smallest absolute Gasteiger partial charge is 0.248 e. The van der Waals surface area contributed by atoms with Crippen LogP contribution < -0.4 is 5.32 Å². The van der Waals surface area contributed by atoms with Gasteiger partial charge >= 0.3 is 0 Å². The lowest BCUT2D eigenvalue weighted by molar-refractivity contribution is -0.111. The molecule has 0 heterocycles. The Labute approximate surface area is 115 Å². The molecule has 0 unspecified atom stereocenters. The van der Waals surface area contributed by atoms with Crippen LogP contribution in [0.15, 0.2) is 71.0 Å². The molecule has 19 heavy (non-hydrogen) atoms. The Bertz CT molecular complexity index is 566. The van der Waals surface area contributed by atoms with Crippen molar-refractivity contribution in [2.45, 2.75) is 4.90 Å². The van der Waals surface area contributed by atoms with Gasteiger partial charge in [0.05, 0.1) is 0 Å². The lowest BCUT2D eigenvalue weighted by atomic mass is 10.3. The third-order valence-electron chi connectivity index (χ3n) is 2.28. The molecule has 1 N–H and O–H groups in total. The Balaban J connectivity index is 1.86. The Hall–Kier alpha value is -2.07. The van der Waals surface area contributed by atoms with Crippen LogP contribution in [0.4, 0.5) is 10.1 Å². The number of anilines is 1. The van der Waals surface area contributed by atoms with Crippen molar-refractivity contribution in [2.75, 3.05) is 5.32 Å². The molecule has 0 saturated carbocycles. The van der Waals surface area contributed by atoms with E-state index in [1.54, 1.807) is 5.41 Å². The molecule has 0 radical (unpaired) electrons. The lowest BCUT2D eigenvalue weighted by Gasteiger charge is -2.01. The van der Waals surface area contributed by atoms with Gasteiger partial charge in [-0.3, -0.25) is 4.79 Å². The zero-order chi connectivity index (χ0) is 13.5. The molecule has 0 aromatic heterocycles. The standard InChI is InChI=1S/C15H12FNOS/c16-12-6-8-13(9-7-12)17-15(18)10-11-19-14-4-2-1-3-5-14/h1-11H,(H,17,18)/b11-10+. The highest BCUT2D eigenvalue weighted by molar-refractivity contribution is 8.02. The van der Waals surface area contributed by atoms with E-state index in [-0.39, 0.29) is 11.7 Å². The van der Waals surface area contributed by atoms with Crippen LogP contribution in [-0.2, 0) is 4.79 Å². The number of nitrogens with one attached hydrogen (secondary N) is 1. The molecule has 0 bridgehead atoms. The van der Waals surface area contributed by atoms with Crippen molar-refractivity contribution in [3.63, 3.8) is 0 Å². The first-order valence-corrected chi connectivity index (χ1v) is 6.57. The van der Waals surface area contributed by atoms with E-state index in [2.05, 4.69) is 5.32 Å². The van der Waals surface area contributed by atoms with E-state index in [1.165, 1.54) is 42.1 Å². The maximum absolute atomic E-state index is 12.7. The van der Waals surface area contributed by atoms with Gasteiger partial charge < -0.3 is 5.32 Å². The Morgan fingerprint density at radius 2 is 1.74 bits per heavy atom. The zero-order valence-corrected chi connectivity index (χ0v) is 10.9. The van der Waals surface area contributed by atoms with Gasteiger partial charge in [-0.25, -0.2) is 4.39 Å². The van der Waals surface area contributed by atoms with Crippen LogP contribution >= 0.6 is 11.8 Å². The van der Waals surface area contributed by atoms with Gasteiger partial charge in [-0.15, -0.1) is 0 Å². The quantitative estimate of drug-likeness (QED) is 0.672. The molecular formula is C15H12FNOS. The summed E-state index contributed by atoms with van der Waals surface area (Å²) in [6.07, 6.45) is 1.45. The largest absolute Gasteiger partial charge is 0.322 e. The highest BCUT2D eigenvalue weighted by atomic mass is 32.2. The second-order valence-corrected chi connectivity index (χ2v) is 4.71. The number of rotatable bonds is 4. The number of amides is 1. The third-order valence-corrected chi connectivity index (χ3v) is 3.10. The summed E-state index contributed by atoms with van der Waals surface area (Å²) in [4.78, 5) is 12.6. The van der Waals surface area contributed by atoms with Crippen molar-refractivity contribution in [2.24, 2.45) is 0 Å². The van der Waals surface area contributed by atoms with Crippen LogP contribution in [0.1, 0.15) is 0 Å². The van der Waals surface area contributed by atoms with E-state index in [0.717, 1.165) is 4.90 Å².